The number of carbonyl (C=O) groups excluding carboxylic acids is 2. The van der Waals surface area contributed by atoms with Gasteiger partial charge in [0.25, 0.3) is 5.91 Å². The van der Waals surface area contributed by atoms with Crippen LogP contribution in [0.5, 0.6) is 0 Å². The smallest absolute Gasteiger partial charge is 0.279 e. The zero-order valence-electron chi connectivity index (χ0n) is 21.9. The van der Waals surface area contributed by atoms with Gasteiger partial charge in [0.05, 0.1) is 6.20 Å². The Kier molecular flexibility index (Phi) is 7.95. The van der Waals surface area contributed by atoms with Crippen LogP contribution in [-0.2, 0) is 23.7 Å². The number of aryl methyl sites for hydroxylation is 1. The minimum absolute atomic E-state index is 0.0869. The van der Waals surface area contributed by atoms with E-state index >= 15 is 0 Å². The standard InChI is InChI=1S/C29H31FN6O2/c1-29(2,3)22-10-12-24(13-11-22)36(28(38)25-19-33-34-35(25)4)26(21-8-6-15-31-18-21)27(37)32-16-14-20-7-5-9-23(30)17-20/h5-13,15,17-19,26H,14,16H2,1-4H3,(H,32,37). The monoisotopic (exact) mass is 514 g/mol. The molecule has 0 aliphatic heterocycles. The van der Waals surface area contributed by atoms with Crippen LogP contribution in [0.15, 0.2) is 79.3 Å². The van der Waals surface area contributed by atoms with Crippen LogP contribution in [0.1, 0.15) is 54.0 Å². The van der Waals surface area contributed by atoms with Gasteiger partial charge in [-0.3, -0.25) is 19.5 Å². The molecular weight excluding hydrogens is 483 g/mol. The van der Waals surface area contributed by atoms with Gasteiger partial charge >= 0.3 is 0 Å². The van der Waals surface area contributed by atoms with E-state index in [-0.39, 0.29) is 23.5 Å². The molecule has 0 aliphatic rings. The first-order chi connectivity index (χ1) is 18.1. The van der Waals surface area contributed by atoms with Gasteiger partial charge < -0.3 is 5.32 Å². The predicted octanol–water partition coefficient (Wildman–Crippen LogP) is 4.39. The van der Waals surface area contributed by atoms with E-state index in [0.717, 1.165) is 11.1 Å². The molecule has 8 nitrogen and oxygen atoms in total. The summed E-state index contributed by atoms with van der Waals surface area (Å²) in [6.07, 6.45) is 4.99. The molecule has 1 unspecified atom stereocenters. The third-order valence-electron chi connectivity index (χ3n) is 6.27. The lowest BCUT2D eigenvalue weighted by Crippen LogP contribution is -2.45. The lowest BCUT2D eigenvalue weighted by atomic mass is 9.87. The summed E-state index contributed by atoms with van der Waals surface area (Å²) in [5.74, 6) is -1.16. The Labute approximate surface area is 221 Å². The Morgan fingerprint density at radius 2 is 1.82 bits per heavy atom. The SMILES string of the molecule is Cn1nncc1C(=O)N(c1ccc(C(C)(C)C)cc1)C(C(=O)NCCc1cccc(F)c1)c1cccnc1. The highest BCUT2D eigenvalue weighted by atomic mass is 19.1. The fourth-order valence-electron chi connectivity index (χ4n) is 4.19. The quantitative estimate of drug-likeness (QED) is 0.376. The molecule has 0 aliphatic carbocycles. The van der Waals surface area contributed by atoms with Crippen LogP contribution in [0.25, 0.3) is 0 Å². The summed E-state index contributed by atoms with van der Waals surface area (Å²) in [4.78, 5) is 33.3. The Morgan fingerprint density at radius 1 is 1.05 bits per heavy atom. The molecule has 0 fully saturated rings. The van der Waals surface area contributed by atoms with Gasteiger partial charge in [0.2, 0.25) is 5.91 Å². The van der Waals surface area contributed by atoms with Crippen molar-refractivity contribution in [3.63, 3.8) is 0 Å². The van der Waals surface area contributed by atoms with Crippen molar-refractivity contribution >= 4 is 17.5 Å². The van der Waals surface area contributed by atoms with Crippen molar-refractivity contribution in [3.8, 4) is 0 Å². The number of pyridine rings is 1. The van der Waals surface area contributed by atoms with Gasteiger partial charge in [-0.1, -0.05) is 56.3 Å². The molecule has 4 aromatic rings. The van der Waals surface area contributed by atoms with Crippen LogP contribution >= 0.6 is 0 Å². The molecule has 9 heteroatoms. The van der Waals surface area contributed by atoms with Crippen LogP contribution in [0.2, 0.25) is 0 Å². The van der Waals surface area contributed by atoms with Gasteiger partial charge in [0, 0.05) is 37.2 Å². The minimum Gasteiger partial charge on any atom is -0.354 e. The molecule has 196 valence electrons. The van der Waals surface area contributed by atoms with Crippen LogP contribution in [0.4, 0.5) is 10.1 Å². The second-order valence-electron chi connectivity index (χ2n) is 10.1. The number of carbonyl (C=O) groups is 2. The second-order valence-corrected chi connectivity index (χ2v) is 10.1. The molecule has 2 heterocycles. The fourth-order valence-corrected chi connectivity index (χ4v) is 4.19. The molecule has 0 spiro atoms. The van der Waals surface area contributed by atoms with Gasteiger partial charge in [-0.15, -0.1) is 5.10 Å². The van der Waals surface area contributed by atoms with Crippen LogP contribution in [0, 0.1) is 5.82 Å². The summed E-state index contributed by atoms with van der Waals surface area (Å²) in [6.45, 7) is 6.58. The number of benzene rings is 2. The lowest BCUT2D eigenvalue weighted by Gasteiger charge is -2.31. The van der Waals surface area contributed by atoms with Crippen molar-refractivity contribution in [2.45, 2.75) is 38.6 Å². The number of halogens is 1. The normalized spacial score (nSPS) is 12.1. The molecule has 2 aromatic heterocycles. The highest BCUT2D eigenvalue weighted by molar-refractivity contribution is 6.09. The number of nitrogens with zero attached hydrogens (tertiary/aromatic N) is 5. The van der Waals surface area contributed by atoms with Gasteiger partial charge in [-0.2, -0.15) is 0 Å². The van der Waals surface area contributed by atoms with Crippen molar-refractivity contribution in [1.29, 1.82) is 0 Å². The van der Waals surface area contributed by atoms with E-state index in [1.54, 1.807) is 43.7 Å². The largest absolute Gasteiger partial charge is 0.354 e. The average Bonchev–Trinajstić information content (AvgIpc) is 3.32. The van der Waals surface area contributed by atoms with E-state index in [1.807, 2.05) is 24.3 Å². The molecule has 2 aromatic carbocycles. The first-order valence-electron chi connectivity index (χ1n) is 12.4. The number of amides is 2. The Bertz CT molecular complexity index is 1400. The summed E-state index contributed by atoms with van der Waals surface area (Å²) in [6, 6.07) is 16.3. The Morgan fingerprint density at radius 3 is 2.42 bits per heavy atom. The van der Waals surface area contributed by atoms with E-state index in [9.17, 15) is 14.0 Å². The molecule has 38 heavy (non-hydrogen) atoms. The number of aromatic nitrogens is 4. The third kappa shape index (κ3) is 6.11. The van der Waals surface area contributed by atoms with E-state index in [2.05, 4.69) is 41.4 Å². The lowest BCUT2D eigenvalue weighted by molar-refractivity contribution is -0.122. The third-order valence-corrected chi connectivity index (χ3v) is 6.27. The van der Waals surface area contributed by atoms with Crippen LogP contribution in [0.3, 0.4) is 0 Å². The van der Waals surface area contributed by atoms with Crippen molar-refractivity contribution in [3.05, 3.63) is 107 Å². The summed E-state index contributed by atoms with van der Waals surface area (Å²) >= 11 is 0. The maximum absolute atomic E-state index is 13.9. The minimum atomic E-state index is -1.03. The molecule has 4 rings (SSSR count). The van der Waals surface area contributed by atoms with E-state index in [4.69, 9.17) is 0 Å². The molecule has 0 saturated carbocycles. The van der Waals surface area contributed by atoms with Crippen LogP contribution in [-0.4, -0.2) is 38.3 Å². The topological polar surface area (TPSA) is 93.0 Å². The zero-order valence-corrected chi connectivity index (χ0v) is 21.9. The first kappa shape index (κ1) is 26.7. The summed E-state index contributed by atoms with van der Waals surface area (Å²) in [5.41, 5.74) is 3.07. The molecular formula is C29H31FN6O2. The number of nitrogens with one attached hydrogen (secondary N) is 1. The maximum atomic E-state index is 13.9. The Hall–Kier alpha value is -4.40. The maximum Gasteiger partial charge on any atom is 0.279 e. The summed E-state index contributed by atoms with van der Waals surface area (Å²) < 4.78 is 15.0. The number of hydrogen-bond donors (Lipinski definition) is 1. The highest BCUT2D eigenvalue weighted by Crippen LogP contribution is 2.31. The van der Waals surface area contributed by atoms with E-state index in [1.165, 1.54) is 27.9 Å². The summed E-state index contributed by atoms with van der Waals surface area (Å²) in [7, 11) is 1.62. The van der Waals surface area contributed by atoms with Crippen molar-refractivity contribution in [2.75, 3.05) is 11.4 Å². The van der Waals surface area contributed by atoms with Gasteiger partial charge in [0.15, 0.2) is 0 Å². The van der Waals surface area contributed by atoms with E-state index < -0.39 is 17.9 Å². The highest BCUT2D eigenvalue weighted by Gasteiger charge is 2.35. The van der Waals surface area contributed by atoms with Crippen molar-refractivity contribution in [1.82, 2.24) is 25.3 Å². The average molecular weight is 515 g/mol. The number of rotatable bonds is 8. The predicted molar refractivity (Wildman–Crippen MR) is 143 cm³/mol. The van der Waals surface area contributed by atoms with Crippen LogP contribution < -0.4 is 10.2 Å². The van der Waals surface area contributed by atoms with Crippen molar-refractivity contribution in [2.24, 2.45) is 7.05 Å². The first-order valence-corrected chi connectivity index (χ1v) is 12.4. The summed E-state index contributed by atoms with van der Waals surface area (Å²) in [5, 5.41) is 10.7. The zero-order chi connectivity index (χ0) is 27.3. The molecule has 0 saturated heterocycles. The van der Waals surface area contributed by atoms with Gasteiger partial charge in [-0.25, -0.2) is 9.07 Å². The molecule has 1 atom stereocenters. The molecule has 0 radical (unpaired) electrons. The van der Waals surface area contributed by atoms with Gasteiger partial charge in [0.1, 0.15) is 17.6 Å². The molecule has 2 amide bonds. The van der Waals surface area contributed by atoms with E-state index in [0.29, 0.717) is 17.7 Å². The number of anilines is 1. The molecule has 1 N–H and O–H groups in total. The Balaban J connectivity index is 1.72. The van der Waals surface area contributed by atoms with Gasteiger partial charge in [-0.05, 0) is 53.3 Å². The second kappa shape index (κ2) is 11.3. The van der Waals surface area contributed by atoms with Crippen molar-refractivity contribution < 1.29 is 14.0 Å². The molecule has 0 bridgehead atoms. The fraction of sp³-hybridized carbons (Fsp3) is 0.276. The number of hydrogen-bond acceptors (Lipinski definition) is 5.